The first-order valence-electron chi connectivity index (χ1n) is 7.85. The van der Waals surface area contributed by atoms with Crippen LogP contribution >= 0.6 is 0 Å². The Morgan fingerprint density at radius 1 is 1.17 bits per heavy atom. The molecule has 0 saturated carbocycles. The van der Waals surface area contributed by atoms with Crippen molar-refractivity contribution in [3.8, 4) is 11.1 Å². The van der Waals surface area contributed by atoms with Gasteiger partial charge in [-0.1, -0.05) is 48.0 Å². The Morgan fingerprint density at radius 2 is 1.91 bits per heavy atom. The first kappa shape index (κ1) is 15.3. The Balaban J connectivity index is 1.66. The van der Waals surface area contributed by atoms with Crippen LogP contribution in [0.1, 0.15) is 24.0 Å². The average Bonchev–Trinajstić information content (AvgIpc) is 2.99. The third-order valence-electron chi connectivity index (χ3n) is 4.06. The molecule has 1 heterocycles. The van der Waals surface area contributed by atoms with Gasteiger partial charge in [0.15, 0.2) is 0 Å². The number of benzene rings is 2. The van der Waals surface area contributed by atoms with Gasteiger partial charge in [0.2, 0.25) is 11.8 Å². The van der Waals surface area contributed by atoms with E-state index < -0.39 is 0 Å². The van der Waals surface area contributed by atoms with Crippen LogP contribution in [0.25, 0.3) is 11.1 Å². The smallest absolute Gasteiger partial charge is 0.242 e. The van der Waals surface area contributed by atoms with Crippen LogP contribution in [0.2, 0.25) is 0 Å². The molecule has 1 aliphatic rings. The van der Waals surface area contributed by atoms with Crippen molar-refractivity contribution >= 4 is 11.8 Å². The zero-order chi connectivity index (χ0) is 16.2. The zero-order valence-corrected chi connectivity index (χ0v) is 13.1. The van der Waals surface area contributed by atoms with Crippen molar-refractivity contribution in [2.45, 2.75) is 32.4 Å². The second-order valence-electron chi connectivity index (χ2n) is 5.95. The van der Waals surface area contributed by atoms with E-state index >= 15 is 0 Å². The topological polar surface area (TPSA) is 58.2 Å². The number of carbonyl (C=O) groups is 2. The zero-order valence-electron chi connectivity index (χ0n) is 13.1. The molecule has 2 aromatic rings. The summed E-state index contributed by atoms with van der Waals surface area (Å²) in [7, 11) is 0. The summed E-state index contributed by atoms with van der Waals surface area (Å²) in [5.41, 5.74) is 4.57. The Bertz CT molecular complexity index is 740. The molecule has 4 nitrogen and oxygen atoms in total. The highest BCUT2D eigenvalue weighted by Gasteiger charge is 2.26. The molecule has 1 saturated heterocycles. The second kappa shape index (κ2) is 6.65. The predicted octanol–water partition coefficient (Wildman–Crippen LogP) is 2.56. The molecule has 2 amide bonds. The fraction of sp³-hybridized carbons (Fsp3) is 0.263. The van der Waals surface area contributed by atoms with E-state index in [4.69, 9.17) is 0 Å². The standard InChI is InChI=1S/C19H20N2O2/c1-13-4-2-6-15(10-13)16-7-3-5-14(11-16)12-20-19(23)17-8-9-18(22)21-17/h2-7,10-11,17H,8-9,12H2,1H3,(H,20,23)(H,21,22)/t17-/m1/s1. The lowest BCUT2D eigenvalue weighted by Crippen LogP contribution is -2.41. The molecule has 0 aromatic heterocycles. The fourth-order valence-corrected chi connectivity index (χ4v) is 2.81. The van der Waals surface area contributed by atoms with Crippen molar-refractivity contribution in [3.63, 3.8) is 0 Å². The lowest BCUT2D eigenvalue weighted by molar-refractivity contribution is -0.125. The Hall–Kier alpha value is -2.62. The highest BCUT2D eigenvalue weighted by molar-refractivity contribution is 5.90. The highest BCUT2D eigenvalue weighted by atomic mass is 16.2. The number of hydrogen-bond donors (Lipinski definition) is 2. The van der Waals surface area contributed by atoms with E-state index in [1.807, 2.05) is 18.2 Å². The predicted molar refractivity (Wildman–Crippen MR) is 89.6 cm³/mol. The van der Waals surface area contributed by atoms with Crippen molar-refractivity contribution in [2.24, 2.45) is 0 Å². The van der Waals surface area contributed by atoms with Gasteiger partial charge in [-0.25, -0.2) is 0 Å². The number of aryl methyl sites for hydroxylation is 1. The molecule has 23 heavy (non-hydrogen) atoms. The van der Waals surface area contributed by atoms with Gasteiger partial charge in [-0.05, 0) is 36.1 Å². The van der Waals surface area contributed by atoms with Crippen LogP contribution in [0.5, 0.6) is 0 Å². The molecule has 3 rings (SSSR count). The molecule has 0 bridgehead atoms. The fourth-order valence-electron chi connectivity index (χ4n) is 2.81. The number of nitrogens with one attached hydrogen (secondary N) is 2. The molecule has 1 fully saturated rings. The van der Waals surface area contributed by atoms with E-state index in [1.165, 1.54) is 11.1 Å². The minimum atomic E-state index is -0.387. The molecule has 118 valence electrons. The third-order valence-corrected chi connectivity index (χ3v) is 4.06. The summed E-state index contributed by atoms with van der Waals surface area (Å²) in [6.45, 7) is 2.54. The van der Waals surface area contributed by atoms with Crippen molar-refractivity contribution in [2.75, 3.05) is 0 Å². The molecule has 0 spiro atoms. The molecule has 1 atom stereocenters. The van der Waals surface area contributed by atoms with Crippen molar-refractivity contribution in [1.29, 1.82) is 0 Å². The molecule has 0 unspecified atom stereocenters. The molecule has 2 N–H and O–H groups in total. The van der Waals surface area contributed by atoms with Gasteiger partial charge < -0.3 is 10.6 Å². The van der Waals surface area contributed by atoms with Gasteiger partial charge >= 0.3 is 0 Å². The summed E-state index contributed by atoms with van der Waals surface area (Å²) in [6.07, 6.45) is 1.01. The van der Waals surface area contributed by atoms with Crippen LogP contribution in [0.4, 0.5) is 0 Å². The Morgan fingerprint density at radius 3 is 2.61 bits per heavy atom. The number of rotatable bonds is 4. The lowest BCUT2D eigenvalue weighted by Gasteiger charge is -2.12. The van der Waals surface area contributed by atoms with Gasteiger partial charge in [0.05, 0.1) is 0 Å². The average molecular weight is 308 g/mol. The van der Waals surface area contributed by atoms with E-state index in [0.29, 0.717) is 19.4 Å². The number of amides is 2. The monoisotopic (exact) mass is 308 g/mol. The third kappa shape index (κ3) is 3.77. The van der Waals surface area contributed by atoms with Crippen LogP contribution < -0.4 is 10.6 Å². The Labute approximate surface area is 135 Å². The molecular formula is C19H20N2O2. The first-order valence-corrected chi connectivity index (χ1v) is 7.85. The van der Waals surface area contributed by atoms with Crippen LogP contribution in [0.15, 0.2) is 48.5 Å². The molecule has 1 aliphatic heterocycles. The SMILES string of the molecule is Cc1cccc(-c2cccc(CNC(=O)[C@H]3CCC(=O)N3)c2)c1. The number of carbonyl (C=O) groups excluding carboxylic acids is 2. The van der Waals surface area contributed by atoms with Gasteiger partial charge in [0, 0.05) is 13.0 Å². The number of hydrogen-bond acceptors (Lipinski definition) is 2. The summed E-state index contributed by atoms with van der Waals surface area (Å²) in [4.78, 5) is 23.2. The van der Waals surface area contributed by atoms with Crippen molar-refractivity contribution in [3.05, 3.63) is 59.7 Å². The maximum absolute atomic E-state index is 12.0. The second-order valence-corrected chi connectivity index (χ2v) is 5.95. The van der Waals surface area contributed by atoms with E-state index in [0.717, 1.165) is 11.1 Å². The summed E-state index contributed by atoms with van der Waals surface area (Å²) < 4.78 is 0. The minimum absolute atomic E-state index is 0.0494. The molecular weight excluding hydrogens is 288 g/mol. The summed E-state index contributed by atoms with van der Waals surface area (Å²) >= 11 is 0. The van der Waals surface area contributed by atoms with Gasteiger partial charge in [0.1, 0.15) is 6.04 Å². The van der Waals surface area contributed by atoms with Crippen LogP contribution in [0.3, 0.4) is 0 Å². The van der Waals surface area contributed by atoms with Gasteiger partial charge in [-0.2, -0.15) is 0 Å². The largest absolute Gasteiger partial charge is 0.350 e. The lowest BCUT2D eigenvalue weighted by atomic mass is 10.0. The van der Waals surface area contributed by atoms with E-state index in [1.54, 1.807) is 0 Å². The van der Waals surface area contributed by atoms with Gasteiger partial charge in [-0.3, -0.25) is 9.59 Å². The maximum atomic E-state index is 12.0. The van der Waals surface area contributed by atoms with Gasteiger partial charge in [0.25, 0.3) is 0 Å². The highest BCUT2D eigenvalue weighted by Crippen LogP contribution is 2.21. The molecule has 2 aromatic carbocycles. The maximum Gasteiger partial charge on any atom is 0.242 e. The van der Waals surface area contributed by atoms with Crippen LogP contribution in [-0.4, -0.2) is 17.9 Å². The van der Waals surface area contributed by atoms with Crippen molar-refractivity contribution in [1.82, 2.24) is 10.6 Å². The van der Waals surface area contributed by atoms with E-state index in [-0.39, 0.29) is 17.9 Å². The summed E-state index contributed by atoms with van der Waals surface area (Å²) in [6, 6.07) is 16.1. The van der Waals surface area contributed by atoms with E-state index in [2.05, 4.69) is 47.9 Å². The quantitative estimate of drug-likeness (QED) is 0.912. The summed E-state index contributed by atoms with van der Waals surface area (Å²) in [5.74, 6) is -0.164. The Kier molecular flexibility index (Phi) is 4.42. The molecule has 4 heteroatoms. The molecule has 0 aliphatic carbocycles. The van der Waals surface area contributed by atoms with Gasteiger partial charge in [-0.15, -0.1) is 0 Å². The molecule has 0 radical (unpaired) electrons. The van der Waals surface area contributed by atoms with E-state index in [9.17, 15) is 9.59 Å². The van der Waals surface area contributed by atoms with Crippen LogP contribution in [0, 0.1) is 6.92 Å². The van der Waals surface area contributed by atoms with Crippen molar-refractivity contribution < 1.29 is 9.59 Å². The first-order chi connectivity index (χ1) is 11.1. The van der Waals surface area contributed by atoms with Crippen LogP contribution in [-0.2, 0) is 16.1 Å². The minimum Gasteiger partial charge on any atom is -0.350 e. The summed E-state index contributed by atoms with van der Waals surface area (Å²) in [5, 5.41) is 5.58. The normalized spacial score (nSPS) is 16.9.